The van der Waals surface area contributed by atoms with Gasteiger partial charge in [-0.15, -0.1) is 0 Å². The molecule has 1 N–H and O–H groups in total. The molecule has 3 rings (SSSR count). The summed E-state index contributed by atoms with van der Waals surface area (Å²) in [6, 6.07) is 4.12. The smallest absolute Gasteiger partial charge is 0.146 e. The number of aromatic nitrogens is 3. The van der Waals surface area contributed by atoms with E-state index in [-0.39, 0.29) is 5.92 Å². The average Bonchev–Trinajstić information content (AvgIpc) is 3.00. The van der Waals surface area contributed by atoms with Crippen molar-refractivity contribution in [2.24, 2.45) is 13.0 Å². The van der Waals surface area contributed by atoms with E-state index in [1.54, 1.807) is 12.4 Å². The molecule has 120 valence electrons. The molecule has 0 saturated carbocycles. The lowest BCUT2D eigenvalue weighted by atomic mass is 9.90. The third-order valence-electron chi connectivity index (χ3n) is 4.66. The number of nitrogens with zero attached hydrogens (tertiary/aromatic N) is 5. The number of imidazole rings is 1. The van der Waals surface area contributed by atoms with E-state index < -0.39 is 6.10 Å². The Kier molecular flexibility index (Phi) is 4.30. The minimum absolute atomic E-state index is 0.183. The molecule has 1 unspecified atom stereocenters. The minimum Gasteiger partial charge on any atom is -0.385 e. The van der Waals surface area contributed by atoms with Crippen LogP contribution >= 0.6 is 0 Å². The monoisotopic (exact) mass is 311 g/mol. The standard InChI is InChI=1S/C17H21N5O/c1-12-3-6-19-16(14(12)11-18)22-8-4-13(5-9-22)15(23)17-20-7-10-21(17)2/h3,6-7,10,13,15,23H,4-5,8-9H2,1-2H3. The molecule has 23 heavy (non-hydrogen) atoms. The number of anilines is 1. The summed E-state index contributed by atoms with van der Waals surface area (Å²) >= 11 is 0. The van der Waals surface area contributed by atoms with Gasteiger partial charge in [-0.05, 0) is 37.3 Å². The molecule has 1 fully saturated rings. The third-order valence-corrected chi connectivity index (χ3v) is 4.66. The third kappa shape index (κ3) is 2.92. The van der Waals surface area contributed by atoms with Crippen LogP contribution in [0.1, 0.15) is 35.9 Å². The molecule has 6 nitrogen and oxygen atoms in total. The van der Waals surface area contributed by atoms with E-state index in [0.717, 1.165) is 43.1 Å². The summed E-state index contributed by atoms with van der Waals surface area (Å²) in [7, 11) is 1.90. The summed E-state index contributed by atoms with van der Waals surface area (Å²) in [5.74, 6) is 1.66. The van der Waals surface area contributed by atoms with Crippen molar-refractivity contribution in [3.63, 3.8) is 0 Å². The van der Waals surface area contributed by atoms with E-state index in [1.165, 1.54) is 0 Å². The zero-order chi connectivity index (χ0) is 16.4. The molecule has 6 heteroatoms. The van der Waals surface area contributed by atoms with Gasteiger partial charge in [0.25, 0.3) is 0 Å². The number of hydrogen-bond acceptors (Lipinski definition) is 5. The lowest BCUT2D eigenvalue weighted by Crippen LogP contribution is -2.37. The van der Waals surface area contributed by atoms with Crippen molar-refractivity contribution >= 4 is 5.82 Å². The topological polar surface area (TPSA) is 78.0 Å². The Hall–Kier alpha value is -2.39. The highest BCUT2D eigenvalue weighted by molar-refractivity contribution is 5.57. The first-order valence-electron chi connectivity index (χ1n) is 7.87. The summed E-state index contributed by atoms with van der Waals surface area (Å²) in [5.41, 5.74) is 1.60. The maximum atomic E-state index is 10.5. The van der Waals surface area contributed by atoms with Crippen LogP contribution in [-0.2, 0) is 7.05 Å². The van der Waals surface area contributed by atoms with E-state index in [0.29, 0.717) is 5.56 Å². The van der Waals surface area contributed by atoms with Crippen LogP contribution in [0.3, 0.4) is 0 Å². The summed E-state index contributed by atoms with van der Waals surface area (Å²) in [4.78, 5) is 10.8. The van der Waals surface area contributed by atoms with Crippen LogP contribution in [0.15, 0.2) is 24.7 Å². The van der Waals surface area contributed by atoms with Gasteiger partial charge in [0.05, 0.1) is 5.56 Å². The predicted molar refractivity (Wildman–Crippen MR) is 86.8 cm³/mol. The zero-order valence-electron chi connectivity index (χ0n) is 13.5. The Bertz CT molecular complexity index is 725. The maximum absolute atomic E-state index is 10.5. The Labute approximate surface area is 136 Å². The van der Waals surface area contributed by atoms with E-state index in [2.05, 4.69) is 20.9 Å². The minimum atomic E-state index is -0.543. The van der Waals surface area contributed by atoms with Gasteiger partial charge in [-0.1, -0.05) is 0 Å². The van der Waals surface area contributed by atoms with Crippen molar-refractivity contribution in [1.82, 2.24) is 14.5 Å². The van der Waals surface area contributed by atoms with Gasteiger partial charge < -0.3 is 14.6 Å². The molecule has 2 aromatic heterocycles. The number of hydrogen-bond donors (Lipinski definition) is 1. The molecular weight excluding hydrogens is 290 g/mol. The predicted octanol–water partition coefficient (Wildman–Crippen LogP) is 1.95. The number of pyridine rings is 1. The summed E-state index contributed by atoms with van der Waals surface area (Å²) in [5, 5.41) is 19.9. The Balaban J connectivity index is 1.71. The highest BCUT2D eigenvalue weighted by Crippen LogP contribution is 2.32. The fraction of sp³-hybridized carbons (Fsp3) is 0.471. The van der Waals surface area contributed by atoms with Crippen LogP contribution in [0.4, 0.5) is 5.82 Å². The maximum Gasteiger partial charge on any atom is 0.146 e. The van der Waals surface area contributed by atoms with Crippen molar-refractivity contribution < 1.29 is 5.11 Å². The molecule has 1 atom stereocenters. The Morgan fingerprint density at radius 3 is 2.65 bits per heavy atom. The van der Waals surface area contributed by atoms with Gasteiger partial charge in [0.2, 0.25) is 0 Å². The second kappa shape index (κ2) is 6.39. The summed E-state index contributed by atoms with van der Waals surface area (Å²) in [6.45, 7) is 3.51. The van der Waals surface area contributed by atoms with E-state index in [9.17, 15) is 10.4 Å². The zero-order valence-corrected chi connectivity index (χ0v) is 13.5. The van der Waals surface area contributed by atoms with Gasteiger partial charge in [0, 0.05) is 38.7 Å². The van der Waals surface area contributed by atoms with Gasteiger partial charge in [-0.3, -0.25) is 0 Å². The lowest BCUT2D eigenvalue weighted by molar-refractivity contribution is 0.0824. The van der Waals surface area contributed by atoms with Crippen LogP contribution in [0, 0.1) is 24.2 Å². The van der Waals surface area contributed by atoms with Gasteiger partial charge in [0.1, 0.15) is 23.8 Å². The second-order valence-electron chi connectivity index (χ2n) is 6.10. The molecule has 1 saturated heterocycles. The normalized spacial score (nSPS) is 17.0. The number of nitriles is 1. The molecular formula is C17H21N5O. The van der Waals surface area contributed by atoms with Crippen LogP contribution < -0.4 is 4.90 Å². The molecule has 2 aromatic rings. The molecule has 0 bridgehead atoms. The van der Waals surface area contributed by atoms with Crippen LogP contribution in [-0.4, -0.2) is 32.7 Å². The van der Waals surface area contributed by atoms with Gasteiger partial charge in [0.15, 0.2) is 0 Å². The molecule has 0 amide bonds. The van der Waals surface area contributed by atoms with E-state index >= 15 is 0 Å². The van der Waals surface area contributed by atoms with Crippen molar-refractivity contribution in [3.05, 3.63) is 41.6 Å². The number of aliphatic hydroxyl groups excluding tert-OH is 1. The highest BCUT2D eigenvalue weighted by atomic mass is 16.3. The SMILES string of the molecule is Cc1ccnc(N2CCC(C(O)c3nccn3C)CC2)c1C#N. The fourth-order valence-electron chi connectivity index (χ4n) is 3.22. The Morgan fingerprint density at radius 1 is 1.30 bits per heavy atom. The van der Waals surface area contributed by atoms with Crippen LogP contribution in [0.2, 0.25) is 0 Å². The quantitative estimate of drug-likeness (QED) is 0.937. The average molecular weight is 311 g/mol. The molecule has 0 spiro atoms. The van der Waals surface area contributed by atoms with Crippen molar-refractivity contribution in [2.75, 3.05) is 18.0 Å². The van der Waals surface area contributed by atoms with E-state index in [4.69, 9.17) is 0 Å². The van der Waals surface area contributed by atoms with Crippen molar-refractivity contribution in [3.8, 4) is 6.07 Å². The molecule has 0 aliphatic carbocycles. The lowest BCUT2D eigenvalue weighted by Gasteiger charge is -2.35. The number of aryl methyl sites for hydroxylation is 2. The van der Waals surface area contributed by atoms with Crippen molar-refractivity contribution in [1.29, 1.82) is 5.26 Å². The van der Waals surface area contributed by atoms with Crippen LogP contribution in [0.5, 0.6) is 0 Å². The highest BCUT2D eigenvalue weighted by Gasteiger charge is 2.29. The largest absolute Gasteiger partial charge is 0.385 e. The molecule has 0 radical (unpaired) electrons. The summed E-state index contributed by atoms with van der Waals surface area (Å²) in [6.07, 6.45) is 6.48. The second-order valence-corrected chi connectivity index (χ2v) is 6.10. The summed E-state index contributed by atoms with van der Waals surface area (Å²) < 4.78 is 1.87. The van der Waals surface area contributed by atoms with Crippen LogP contribution in [0.25, 0.3) is 0 Å². The van der Waals surface area contributed by atoms with E-state index in [1.807, 2.05) is 30.8 Å². The molecule has 0 aromatic carbocycles. The van der Waals surface area contributed by atoms with Gasteiger partial charge >= 0.3 is 0 Å². The molecule has 3 heterocycles. The molecule has 1 aliphatic rings. The first-order chi connectivity index (χ1) is 11.1. The number of rotatable bonds is 3. The molecule has 1 aliphatic heterocycles. The first kappa shape index (κ1) is 15.5. The Morgan fingerprint density at radius 2 is 2.04 bits per heavy atom. The van der Waals surface area contributed by atoms with Gasteiger partial charge in [-0.25, -0.2) is 9.97 Å². The number of piperidine rings is 1. The van der Waals surface area contributed by atoms with Gasteiger partial charge in [-0.2, -0.15) is 5.26 Å². The first-order valence-corrected chi connectivity index (χ1v) is 7.87. The van der Waals surface area contributed by atoms with Crippen molar-refractivity contribution in [2.45, 2.75) is 25.9 Å². The number of aliphatic hydroxyl groups is 1. The fourth-order valence-corrected chi connectivity index (χ4v) is 3.22.